The Morgan fingerprint density at radius 3 is 2.61 bits per heavy atom. The predicted octanol–water partition coefficient (Wildman–Crippen LogP) is 4.81. The minimum atomic E-state index is -0.885. The molecule has 8 heteroatoms. The molecule has 1 fully saturated rings. The van der Waals surface area contributed by atoms with E-state index in [0.717, 1.165) is 5.56 Å². The molecule has 4 atom stereocenters. The van der Waals surface area contributed by atoms with E-state index in [1.54, 1.807) is 39.2 Å². The fourth-order valence-corrected chi connectivity index (χ4v) is 5.05. The minimum absolute atomic E-state index is 0.133. The number of esters is 3. The van der Waals surface area contributed by atoms with Gasteiger partial charge in [-0.2, -0.15) is 0 Å². The number of hydrogen-bond donors (Lipinski definition) is 0. The molecule has 3 aliphatic rings. The van der Waals surface area contributed by atoms with E-state index >= 15 is 0 Å². The molecular weight excluding hydrogens is 488 g/mol. The Morgan fingerprint density at radius 1 is 1.18 bits per heavy atom. The Bertz CT molecular complexity index is 1220. The number of methoxy groups -OCH3 is 1. The molecule has 0 spiro atoms. The minimum Gasteiger partial charge on any atom is -0.457 e. The molecule has 8 nitrogen and oxygen atoms in total. The molecule has 0 unspecified atom stereocenters. The number of hydrogen-bond acceptors (Lipinski definition) is 8. The van der Waals surface area contributed by atoms with Crippen LogP contribution >= 0.6 is 0 Å². The molecule has 0 radical (unpaired) electrons. The quantitative estimate of drug-likeness (QED) is 0.286. The average molecular weight is 523 g/mol. The SMILES string of the molecule is C/C=C(\C)C(=O)O[C@H]1C[C@@H](C)[C@]2(OC)CC[C@](C)(/C=C3/OC(=O)C(COC(=O)/C=C/c4ccccc4)=C31)O2. The van der Waals surface area contributed by atoms with Crippen molar-refractivity contribution < 1.29 is 38.1 Å². The molecule has 2 bridgehead atoms. The third-order valence-corrected chi connectivity index (χ3v) is 7.41. The van der Waals surface area contributed by atoms with Crippen LogP contribution in [-0.4, -0.2) is 49.1 Å². The number of fused-ring (bicyclic) bond motifs is 3. The average Bonchev–Trinajstić information content (AvgIpc) is 3.42. The van der Waals surface area contributed by atoms with Gasteiger partial charge in [0, 0.05) is 36.7 Å². The van der Waals surface area contributed by atoms with Gasteiger partial charge >= 0.3 is 17.9 Å². The number of ether oxygens (including phenoxy) is 5. The first-order valence-corrected chi connectivity index (χ1v) is 12.8. The number of benzene rings is 1. The van der Waals surface area contributed by atoms with Crippen molar-refractivity contribution in [1.82, 2.24) is 0 Å². The van der Waals surface area contributed by atoms with E-state index in [1.165, 1.54) is 6.08 Å². The predicted molar refractivity (Wildman–Crippen MR) is 139 cm³/mol. The van der Waals surface area contributed by atoms with E-state index in [1.807, 2.05) is 44.2 Å². The number of carbonyl (C=O) groups is 3. The lowest BCUT2D eigenvalue weighted by Gasteiger charge is -2.36. The maximum Gasteiger partial charge on any atom is 0.343 e. The van der Waals surface area contributed by atoms with Crippen molar-refractivity contribution in [2.24, 2.45) is 5.92 Å². The van der Waals surface area contributed by atoms with Crippen molar-refractivity contribution in [2.75, 3.05) is 13.7 Å². The highest BCUT2D eigenvalue weighted by atomic mass is 16.7. The zero-order valence-electron chi connectivity index (χ0n) is 22.4. The van der Waals surface area contributed by atoms with E-state index in [4.69, 9.17) is 23.7 Å². The van der Waals surface area contributed by atoms with Gasteiger partial charge in [-0.15, -0.1) is 0 Å². The molecule has 0 aromatic heterocycles. The van der Waals surface area contributed by atoms with E-state index < -0.39 is 35.4 Å². The Kier molecular flexibility index (Phi) is 8.04. The topological polar surface area (TPSA) is 97.4 Å². The molecule has 3 aliphatic heterocycles. The third-order valence-electron chi connectivity index (χ3n) is 7.41. The zero-order chi connectivity index (χ0) is 27.5. The van der Waals surface area contributed by atoms with Crippen LogP contribution in [0.1, 0.15) is 52.5 Å². The second-order valence-corrected chi connectivity index (χ2v) is 10.1. The Morgan fingerprint density at radius 2 is 1.92 bits per heavy atom. The van der Waals surface area contributed by atoms with Crippen LogP contribution in [0.25, 0.3) is 6.08 Å². The molecule has 3 heterocycles. The summed E-state index contributed by atoms with van der Waals surface area (Å²) in [6, 6.07) is 9.31. The van der Waals surface area contributed by atoms with Gasteiger partial charge in [-0.3, -0.25) is 0 Å². The molecule has 4 rings (SSSR count). The lowest BCUT2D eigenvalue weighted by atomic mass is 9.85. The van der Waals surface area contributed by atoms with Crippen LogP contribution in [0, 0.1) is 5.92 Å². The van der Waals surface area contributed by atoms with Crippen LogP contribution in [0.4, 0.5) is 0 Å². The van der Waals surface area contributed by atoms with Crippen LogP contribution in [-0.2, 0) is 38.1 Å². The Labute approximate surface area is 222 Å². The van der Waals surface area contributed by atoms with Gasteiger partial charge in [-0.05, 0) is 51.3 Å². The van der Waals surface area contributed by atoms with Crippen LogP contribution in [0.5, 0.6) is 0 Å². The second kappa shape index (κ2) is 11.1. The van der Waals surface area contributed by atoms with Crippen LogP contribution in [0.3, 0.4) is 0 Å². The largest absolute Gasteiger partial charge is 0.457 e. The summed E-state index contributed by atoms with van der Waals surface area (Å²) in [6.07, 6.45) is 7.06. The van der Waals surface area contributed by atoms with Crippen molar-refractivity contribution in [2.45, 2.75) is 64.4 Å². The fourth-order valence-electron chi connectivity index (χ4n) is 5.05. The summed E-state index contributed by atoms with van der Waals surface area (Å²) in [4.78, 5) is 38.3. The standard InChI is InChI=1S/C30H34O8/c1-6-19(2)27(32)36-23-16-20(3)30(34-5)15-14-29(4,38-30)17-24-26(23)22(28(33)37-24)18-35-25(31)13-12-21-10-8-7-9-11-21/h6-13,17,20,23H,14-16,18H2,1-5H3/b13-12+,19-6+,24-17+/t20-,23+,29-,30+/m1/s1. The first-order chi connectivity index (χ1) is 18.1. The van der Waals surface area contributed by atoms with Crippen molar-refractivity contribution >= 4 is 24.0 Å². The highest BCUT2D eigenvalue weighted by molar-refractivity contribution is 5.96. The summed E-state index contributed by atoms with van der Waals surface area (Å²) in [6.45, 7) is 6.95. The van der Waals surface area contributed by atoms with Crippen molar-refractivity contribution in [1.29, 1.82) is 0 Å². The second-order valence-electron chi connectivity index (χ2n) is 10.1. The summed E-state index contributed by atoms with van der Waals surface area (Å²) in [5.41, 5.74) is 1.02. The zero-order valence-corrected chi connectivity index (χ0v) is 22.4. The van der Waals surface area contributed by atoms with E-state index in [9.17, 15) is 14.4 Å². The molecular formula is C30H34O8. The lowest BCUT2D eigenvalue weighted by Crippen LogP contribution is -2.42. The van der Waals surface area contributed by atoms with Gasteiger partial charge in [-0.1, -0.05) is 43.3 Å². The first-order valence-electron chi connectivity index (χ1n) is 12.8. The lowest BCUT2D eigenvalue weighted by molar-refractivity contribution is -0.255. The summed E-state index contributed by atoms with van der Waals surface area (Å²) < 4.78 is 29.3. The molecule has 0 amide bonds. The molecule has 202 valence electrons. The summed E-state index contributed by atoms with van der Waals surface area (Å²) in [5.74, 6) is -2.62. The van der Waals surface area contributed by atoms with Crippen molar-refractivity contribution in [3.05, 3.63) is 76.6 Å². The number of carbonyl (C=O) groups excluding carboxylic acids is 3. The molecule has 0 N–H and O–H groups in total. The van der Waals surface area contributed by atoms with Gasteiger partial charge in [0.2, 0.25) is 0 Å². The molecule has 38 heavy (non-hydrogen) atoms. The first kappa shape index (κ1) is 27.5. The summed E-state index contributed by atoms with van der Waals surface area (Å²) in [7, 11) is 1.60. The van der Waals surface area contributed by atoms with Crippen LogP contribution < -0.4 is 0 Å². The normalized spacial score (nSPS) is 30.6. The maximum absolute atomic E-state index is 13.0. The molecule has 1 saturated heterocycles. The monoisotopic (exact) mass is 522 g/mol. The highest BCUT2D eigenvalue weighted by Gasteiger charge is 2.53. The van der Waals surface area contributed by atoms with Crippen molar-refractivity contribution in [3.63, 3.8) is 0 Å². The highest BCUT2D eigenvalue weighted by Crippen LogP contribution is 2.49. The Balaban J connectivity index is 1.69. The van der Waals surface area contributed by atoms with Crippen molar-refractivity contribution in [3.8, 4) is 0 Å². The number of allylic oxidation sites excluding steroid dienone is 1. The summed E-state index contributed by atoms with van der Waals surface area (Å²) in [5, 5.41) is 0. The molecule has 1 aromatic rings. The van der Waals surface area contributed by atoms with Gasteiger partial charge in [0.05, 0.1) is 11.2 Å². The molecule has 1 aromatic carbocycles. The summed E-state index contributed by atoms with van der Waals surface area (Å²) >= 11 is 0. The van der Waals surface area contributed by atoms with Gasteiger partial charge in [0.25, 0.3) is 0 Å². The van der Waals surface area contributed by atoms with E-state index in [0.29, 0.717) is 30.4 Å². The smallest absolute Gasteiger partial charge is 0.343 e. The fraction of sp³-hybridized carbons (Fsp3) is 0.433. The maximum atomic E-state index is 13.0. The molecule has 0 saturated carbocycles. The van der Waals surface area contributed by atoms with E-state index in [-0.39, 0.29) is 23.9 Å². The number of rotatable bonds is 7. The van der Waals surface area contributed by atoms with Crippen LogP contribution in [0.15, 0.2) is 71.0 Å². The van der Waals surface area contributed by atoms with E-state index in [2.05, 4.69) is 0 Å². The molecule has 0 aliphatic carbocycles. The third kappa shape index (κ3) is 5.66. The van der Waals surface area contributed by atoms with Crippen LogP contribution in [0.2, 0.25) is 0 Å². The van der Waals surface area contributed by atoms with Gasteiger partial charge in [0.1, 0.15) is 18.5 Å². The van der Waals surface area contributed by atoms with Gasteiger partial charge in [-0.25, -0.2) is 14.4 Å². The van der Waals surface area contributed by atoms with Gasteiger partial charge < -0.3 is 23.7 Å². The Hall–Kier alpha value is -3.49. The van der Waals surface area contributed by atoms with Gasteiger partial charge in [0.15, 0.2) is 5.79 Å².